The molecule has 1 aromatic carbocycles. The number of hydrogen-bond donors (Lipinski definition) is 1. The first-order valence-corrected chi connectivity index (χ1v) is 7.68. The van der Waals surface area contributed by atoms with E-state index in [1.165, 1.54) is 17.0 Å². The van der Waals surface area contributed by atoms with Gasteiger partial charge < -0.3 is 10.0 Å². The molecule has 1 atom stereocenters. The number of hydrogen-bond acceptors (Lipinski definition) is 2. The Labute approximate surface area is 133 Å². The Hall–Kier alpha value is -1.26. The summed E-state index contributed by atoms with van der Waals surface area (Å²) in [4.78, 5) is 25.9. The maximum atomic E-state index is 12.7. The first-order valence-electron chi connectivity index (χ1n) is 6.92. The molecule has 4 nitrogen and oxygen atoms in total. The number of halogens is 2. The van der Waals surface area contributed by atoms with Gasteiger partial charge in [-0.3, -0.25) is 4.79 Å². The van der Waals surface area contributed by atoms with Crippen LogP contribution in [0.15, 0.2) is 18.2 Å². The van der Waals surface area contributed by atoms with E-state index in [2.05, 4.69) is 0 Å². The van der Waals surface area contributed by atoms with Crippen LogP contribution in [0.2, 0.25) is 10.0 Å². The van der Waals surface area contributed by atoms with Crippen molar-refractivity contribution < 1.29 is 14.7 Å². The molecular formula is C15H17Cl2NO3. The third kappa shape index (κ3) is 3.01. The molecule has 1 fully saturated rings. The van der Waals surface area contributed by atoms with Crippen LogP contribution < -0.4 is 0 Å². The average Bonchev–Trinajstić information content (AvgIpc) is 2.82. The fourth-order valence-electron chi connectivity index (χ4n) is 3.01. The lowest BCUT2D eigenvalue weighted by Crippen LogP contribution is -2.53. The normalized spacial score (nSPS) is 21.6. The van der Waals surface area contributed by atoms with Gasteiger partial charge in [0, 0.05) is 22.2 Å². The quantitative estimate of drug-likeness (QED) is 0.912. The van der Waals surface area contributed by atoms with Gasteiger partial charge in [-0.05, 0) is 37.5 Å². The maximum Gasteiger partial charge on any atom is 0.329 e. The fraction of sp³-hybridized carbons (Fsp3) is 0.467. The van der Waals surface area contributed by atoms with Crippen molar-refractivity contribution in [2.75, 3.05) is 6.54 Å². The molecule has 1 N–H and O–H groups in total. The topological polar surface area (TPSA) is 57.6 Å². The molecule has 114 valence electrons. The molecule has 1 heterocycles. The minimum absolute atomic E-state index is 0.326. The molecule has 6 heteroatoms. The molecule has 0 aromatic heterocycles. The zero-order valence-electron chi connectivity index (χ0n) is 11.7. The van der Waals surface area contributed by atoms with E-state index >= 15 is 0 Å². The lowest BCUT2D eigenvalue weighted by molar-refractivity contribution is -0.148. The standard InChI is InChI=1S/C15H17Cl2NO3/c1-2-4-15(14(20)21)5-3-6-18(15)13(19)10-7-11(16)9-12(17)8-10/h7-9H,2-6H2,1H3,(H,20,21). The van der Waals surface area contributed by atoms with Crippen LogP contribution in [0.5, 0.6) is 0 Å². The summed E-state index contributed by atoms with van der Waals surface area (Å²) in [6, 6.07) is 4.58. The van der Waals surface area contributed by atoms with Crippen molar-refractivity contribution in [3.05, 3.63) is 33.8 Å². The van der Waals surface area contributed by atoms with Crippen molar-refractivity contribution in [1.29, 1.82) is 0 Å². The first kappa shape index (κ1) is 16.1. The highest BCUT2D eigenvalue weighted by molar-refractivity contribution is 6.35. The van der Waals surface area contributed by atoms with Crippen molar-refractivity contribution in [2.45, 2.75) is 38.1 Å². The van der Waals surface area contributed by atoms with Gasteiger partial charge in [-0.15, -0.1) is 0 Å². The summed E-state index contributed by atoms with van der Waals surface area (Å²) in [6.45, 7) is 2.36. The highest BCUT2D eigenvalue weighted by atomic mass is 35.5. The molecule has 1 aliphatic rings. The summed E-state index contributed by atoms with van der Waals surface area (Å²) in [5.74, 6) is -1.27. The fourth-order valence-corrected chi connectivity index (χ4v) is 3.54. The van der Waals surface area contributed by atoms with E-state index in [4.69, 9.17) is 23.2 Å². The first-order chi connectivity index (χ1) is 9.90. The molecule has 1 amide bonds. The number of amides is 1. The lowest BCUT2D eigenvalue weighted by atomic mass is 9.90. The van der Waals surface area contributed by atoms with Gasteiger partial charge in [0.2, 0.25) is 0 Å². The molecule has 2 rings (SSSR count). The number of carbonyl (C=O) groups is 2. The Morgan fingerprint density at radius 3 is 2.43 bits per heavy atom. The monoisotopic (exact) mass is 329 g/mol. The molecule has 0 spiro atoms. The number of carboxylic acid groups (broad SMARTS) is 1. The van der Waals surface area contributed by atoms with Crippen LogP contribution >= 0.6 is 23.2 Å². The van der Waals surface area contributed by atoms with E-state index in [1.54, 1.807) is 6.07 Å². The van der Waals surface area contributed by atoms with E-state index in [1.807, 2.05) is 6.92 Å². The number of nitrogens with zero attached hydrogens (tertiary/aromatic N) is 1. The number of carboxylic acids is 1. The van der Waals surface area contributed by atoms with Crippen LogP contribution in [0.25, 0.3) is 0 Å². The molecule has 1 saturated heterocycles. The predicted octanol–water partition coefficient (Wildman–Crippen LogP) is 3.85. The molecule has 1 aromatic rings. The van der Waals surface area contributed by atoms with Gasteiger partial charge in [0.1, 0.15) is 5.54 Å². The second-order valence-corrected chi connectivity index (χ2v) is 6.18. The molecule has 0 saturated carbocycles. The van der Waals surface area contributed by atoms with Gasteiger partial charge in [0.15, 0.2) is 0 Å². The Balaban J connectivity index is 2.38. The lowest BCUT2D eigenvalue weighted by Gasteiger charge is -2.34. The minimum atomic E-state index is -1.11. The highest BCUT2D eigenvalue weighted by Crippen LogP contribution is 2.35. The third-order valence-electron chi connectivity index (χ3n) is 3.91. The van der Waals surface area contributed by atoms with Crippen molar-refractivity contribution >= 4 is 35.1 Å². The van der Waals surface area contributed by atoms with Gasteiger partial charge in [0.05, 0.1) is 0 Å². The zero-order chi connectivity index (χ0) is 15.6. The molecule has 1 unspecified atom stereocenters. The summed E-state index contributed by atoms with van der Waals surface area (Å²) in [5, 5.41) is 10.3. The molecule has 0 bridgehead atoms. The number of benzene rings is 1. The summed E-state index contributed by atoms with van der Waals surface area (Å²) < 4.78 is 0. The van der Waals surface area contributed by atoms with Gasteiger partial charge in [-0.25, -0.2) is 4.79 Å². The average molecular weight is 330 g/mol. The smallest absolute Gasteiger partial charge is 0.329 e. The van der Waals surface area contributed by atoms with Crippen LogP contribution in [-0.4, -0.2) is 34.0 Å². The number of aliphatic carboxylic acids is 1. The summed E-state index contributed by atoms with van der Waals surface area (Å²) in [6.07, 6.45) is 2.32. The number of rotatable bonds is 4. The van der Waals surface area contributed by atoms with Crippen molar-refractivity contribution in [2.24, 2.45) is 0 Å². The molecule has 21 heavy (non-hydrogen) atoms. The van der Waals surface area contributed by atoms with Gasteiger partial charge in [-0.2, -0.15) is 0 Å². The third-order valence-corrected chi connectivity index (χ3v) is 4.34. The van der Waals surface area contributed by atoms with Crippen molar-refractivity contribution in [3.8, 4) is 0 Å². The van der Waals surface area contributed by atoms with E-state index in [0.717, 1.165) is 0 Å². The largest absolute Gasteiger partial charge is 0.479 e. The summed E-state index contributed by atoms with van der Waals surface area (Å²) in [7, 11) is 0. The second-order valence-electron chi connectivity index (χ2n) is 5.31. The number of likely N-dealkylation sites (tertiary alicyclic amines) is 1. The van der Waals surface area contributed by atoms with Gasteiger partial charge >= 0.3 is 5.97 Å². The van der Waals surface area contributed by atoms with Crippen LogP contribution in [0.3, 0.4) is 0 Å². The van der Waals surface area contributed by atoms with Gasteiger partial charge in [-0.1, -0.05) is 36.5 Å². The Bertz CT molecular complexity index is 556. The predicted molar refractivity (Wildman–Crippen MR) is 82.0 cm³/mol. The Kier molecular flexibility index (Phi) is 4.79. The van der Waals surface area contributed by atoms with Crippen LogP contribution in [-0.2, 0) is 4.79 Å². The Morgan fingerprint density at radius 2 is 1.90 bits per heavy atom. The SMILES string of the molecule is CCCC1(C(=O)O)CCCN1C(=O)c1cc(Cl)cc(Cl)c1. The molecular weight excluding hydrogens is 313 g/mol. The van der Waals surface area contributed by atoms with E-state index in [-0.39, 0.29) is 5.91 Å². The minimum Gasteiger partial charge on any atom is -0.479 e. The number of carbonyl (C=O) groups excluding carboxylic acids is 1. The summed E-state index contributed by atoms with van der Waals surface area (Å²) in [5.41, 5.74) is -0.781. The molecule has 1 aliphatic heterocycles. The molecule has 0 radical (unpaired) electrons. The van der Waals surface area contributed by atoms with Gasteiger partial charge in [0.25, 0.3) is 5.91 Å². The highest BCUT2D eigenvalue weighted by Gasteiger charge is 2.49. The maximum absolute atomic E-state index is 12.7. The van der Waals surface area contributed by atoms with Crippen molar-refractivity contribution in [3.63, 3.8) is 0 Å². The van der Waals surface area contributed by atoms with E-state index in [9.17, 15) is 14.7 Å². The van der Waals surface area contributed by atoms with Crippen LogP contribution in [0.4, 0.5) is 0 Å². The van der Waals surface area contributed by atoms with Crippen molar-refractivity contribution in [1.82, 2.24) is 4.90 Å². The Morgan fingerprint density at radius 1 is 1.29 bits per heavy atom. The zero-order valence-corrected chi connectivity index (χ0v) is 13.2. The second kappa shape index (κ2) is 6.24. The van der Waals surface area contributed by atoms with E-state index in [0.29, 0.717) is 47.8 Å². The van der Waals surface area contributed by atoms with Crippen LogP contribution in [0, 0.1) is 0 Å². The van der Waals surface area contributed by atoms with E-state index < -0.39 is 11.5 Å². The van der Waals surface area contributed by atoms with Crippen LogP contribution in [0.1, 0.15) is 43.0 Å². The summed E-state index contributed by atoms with van der Waals surface area (Å²) >= 11 is 11.8. The molecule has 0 aliphatic carbocycles.